The summed E-state index contributed by atoms with van der Waals surface area (Å²) in [5, 5.41) is 7.33. The minimum absolute atomic E-state index is 0.202. The van der Waals surface area contributed by atoms with E-state index in [2.05, 4.69) is 10.4 Å². The zero-order chi connectivity index (χ0) is 15.1. The zero-order valence-electron chi connectivity index (χ0n) is 11.8. The predicted octanol–water partition coefficient (Wildman–Crippen LogP) is 1.82. The lowest BCUT2D eigenvalue weighted by Crippen LogP contribution is -2.23. The van der Waals surface area contributed by atoms with Crippen LogP contribution in [-0.4, -0.2) is 28.3 Å². The van der Waals surface area contributed by atoms with Crippen LogP contribution in [0, 0.1) is 6.92 Å². The Morgan fingerprint density at radius 2 is 2.25 bits per heavy atom. The van der Waals surface area contributed by atoms with Crippen molar-refractivity contribution in [3.63, 3.8) is 0 Å². The molecule has 0 aliphatic heterocycles. The molecule has 1 heterocycles. The molecule has 0 bridgehead atoms. The standard InChI is InChI=1S/C13H18ClN3O3/c1-4-20-13(19)7-9(2)15-12(18)5-6-17-8-11(14)10(3)16-17/h7-8H,4-6H2,1-3H3,(H,15,18)/b9-7+. The molecule has 0 aliphatic rings. The number of allylic oxidation sites excluding steroid dienone is 1. The summed E-state index contributed by atoms with van der Waals surface area (Å²) in [6, 6.07) is 0. The lowest BCUT2D eigenvalue weighted by atomic mass is 10.3. The molecule has 6 nitrogen and oxygen atoms in total. The monoisotopic (exact) mass is 299 g/mol. The van der Waals surface area contributed by atoms with Gasteiger partial charge in [-0.25, -0.2) is 4.79 Å². The molecule has 0 radical (unpaired) electrons. The van der Waals surface area contributed by atoms with E-state index in [0.29, 0.717) is 23.9 Å². The SMILES string of the molecule is CCOC(=O)/C=C(\C)NC(=O)CCn1cc(Cl)c(C)n1. The Morgan fingerprint density at radius 3 is 2.80 bits per heavy atom. The van der Waals surface area contributed by atoms with Gasteiger partial charge in [0.1, 0.15) is 0 Å². The van der Waals surface area contributed by atoms with Gasteiger partial charge in [0.15, 0.2) is 0 Å². The van der Waals surface area contributed by atoms with Crippen LogP contribution in [0.5, 0.6) is 0 Å². The summed E-state index contributed by atoms with van der Waals surface area (Å²) in [4.78, 5) is 22.9. The number of esters is 1. The van der Waals surface area contributed by atoms with E-state index >= 15 is 0 Å². The summed E-state index contributed by atoms with van der Waals surface area (Å²) in [7, 11) is 0. The van der Waals surface area contributed by atoms with E-state index < -0.39 is 5.97 Å². The Kier molecular flexibility index (Phi) is 6.24. The highest BCUT2D eigenvalue weighted by Gasteiger charge is 2.06. The molecule has 0 aromatic carbocycles. The quantitative estimate of drug-likeness (QED) is 0.642. The summed E-state index contributed by atoms with van der Waals surface area (Å²) < 4.78 is 6.36. The molecular weight excluding hydrogens is 282 g/mol. The van der Waals surface area contributed by atoms with E-state index in [0.717, 1.165) is 5.69 Å². The molecular formula is C13H18ClN3O3. The summed E-state index contributed by atoms with van der Waals surface area (Å²) >= 11 is 5.87. The highest BCUT2D eigenvalue weighted by Crippen LogP contribution is 2.12. The molecule has 1 amide bonds. The molecule has 1 aromatic rings. The first-order chi connectivity index (χ1) is 9.42. The van der Waals surface area contributed by atoms with E-state index in [1.165, 1.54) is 6.08 Å². The Balaban J connectivity index is 2.42. The fraction of sp³-hybridized carbons (Fsp3) is 0.462. The summed E-state index contributed by atoms with van der Waals surface area (Å²) in [5.74, 6) is -0.674. The fourth-order valence-corrected chi connectivity index (χ4v) is 1.65. The third-order valence-electron chi connectivity index (χ3n) is 2.41. The number of nitrogens with zero attached hydrogens (tertiary/aromatic N) is 2. The molecule has 0 saturated heterocycles. The fourth-order valence-electron chi connectivity index (χ4n) is 1.50. The summed E-state index contributed by atoms with van der Waals surface area (Å²) in [6.07, 6.45) is 3.16. The van der Waals surface area contributed by atoms with Crippen molar-refractivity contribution in [3.05, 3.63) is 28.7 Å². The molecule has 7 heteroatoms. The average Bonchev–Trinajstić information content (AvgIpc) is 2.66. The van der Waals surface area contributed by atoms with Gasteiger partial charge in [-0.1, -0.05) is 11.6 Å². The number of rotatable bonds is 6. The lowest BCUT2D eigenvalue weighted by Gasteiger charge is -2.05. The number of hydrogen-bond donors (Lipinski definition) is 1. The molecule has 20 heavy (non-hydrogen) atoms. The third kappa shape index (κ3) is 5.44. The van der Waals surface area contributed by atoms with Gasteiger partial charge in [0.25, 0.3) is 0 Å². The highest BCUT2D eigenvalue weighted by atomic mass is 35.5. The number of carbonyl (C=O) groups excluding carboxylic acids is 2. The van der Waals surface area contributed by atoms with Crippen LogP contribution in [0.3, 0.4) is 0 Å². The predicted molar refractivity (Wildman–Crippen MR) is 75.1 cm³/mol. The number of amides is 1. The number of nitrogens with one attached hydrogen (secondary N) is 1. The number of halogens is 1. The molecule has 0 spiro atoms. The van der Waals surface area contributed by atoms with Crippen LogP contribution in [0.25, 0.3) is 0 Å². The van der Waals surface area contributed by atoms with Gasteiger partial charge in [-0.2, -0.15) is 5.10 Å². The van der Waals surface area contributed by atoms with Gasteiger partial charge in [0.05, 0.1) is 17.3 Å². The van der Waals surface area contributed by atoms with Crippen LogP contribution in [0.2, 0.25) is 5.02 Å². The van der Waals surface area contributed by atoms with E-state index in [1.807, 2.05) is 0 Å². The average molecular weight is 300 g/mol. The van der Waals surface area contributed by atoms with Gasteiger partial charge < -0.3 is 10.1 Å². The van der Waals surface area contributed by atoms with Gasteiger partial charge in [-0.3, -0.25) is 9.48 Å². The smallest absolute Gasteiger partial charge is 0.332 e. The maximum absolute atomic E-state index is 11.7. The van der Waals surface area contributed by atoms with Gasteiger partial charge >= 0.3 is 5.97 Å². The van der Waals surface area contributed by atoms with Crippen LogP contribution in [0.15, 0.2) is 18.0 Å². The molecule has 1 N–H and O–H groups in total. The Hall–Kier alpha value is -1.82. The Labute approximate surface area is 122 Å². The maximum Gasteiger partial charge on any atom is 0.332 e. The van der Waals surface area contributed by atoms with Crippen molar-refractivity contribution in [1.82, 2.24) is 15.1 Å². The Bertz CT molecular complexity index is 503. The van der Waals surface area contributed by atoms with Crippen molar-refractivity contribution < 1.29 is 14.3 Å². The first-order valence-corrected chi connectivity index (χ1v) is 6.64. The van der Waals surface area contributed by atoms with Crippen molar-refractivity contribution in [2.24, 2.45) is 0 Å². The van der Waals surface area contributed by atoms with Crippen LogP contribution in [0.4, 0.5) is 0 Å². The zero-order valence-corrected chi connectivity index (χ0v) is 12.5. The number of aryl methyl sites for hydroxylation is 2. The summed E-state index contributed by atoms with van der Waals surface area (Å²) in [6.45, 7) is 5.87. The molecule has 0 fully saturated rings. The first-order valence-electron chi connectivity index (χ1n) is 6.26. The Morgan fingerprint density at radius 1 is 1.55 bits per heavy atom. The number of aromatic nitrogens is 2. The van der Waals surface area contributed by atoms with E-state index in [1.54, 1.807) is 31.6 Å². The molecule has 0 unspecified atom stereocenters. The van der Waals surface area contributed by atoms with Crippen LogP contribution in [0.1, 0.15) is 26.0 Å². The molecule has 0 atom stereocenters. The third-order valence-corrected chi connectivity index (χ3v) is 2.78. The maximum atomic E-state index is 11.7. The normalized spacial score (nSPS) is 11.3. The van der Waals surface area contributed by atoms with Gasteiger partial charge in [0.2, 0.25) is 5.91 Å². The van der Waals surface area contributed by atoms with Crippen molar-refractivity contribution in [3.8, 4) is 0 Å². The largest absolute Gasteiger partial charge is 0.463 e. The van der Waals surface area contributed by atoms with Crippen molar-refractivity contribution in [2.45, 2.75) is 33.7 Å². The second-order valence-corrected chi connectivity index (χ2v) is 4.61. The second-order valence-electron chi connectivity index (χ2n) is 4.20. The first kappa shape index (κ1) is 16.2. The molecule has 1 aromatic heterocycles. The number of ether oxygens (including phenoxy) is 1. The van der Waals surface area contributed by atoms with Gasteiger partial charge in [-0.05, 0) is 20.8 Å². The number of hydrogen-bond acceptors (Lipinski definition) is 4. The van der Waals surface area contributed by atoms with E-state index in [9.17, 15) is 9.59 Å². The van der Waals surface area contributed by atoms with Crippen molar-refractivity contribution in [1.29, 1.82) is 0 Å². The van der Waals surface area contributed by atoms with Gasteiger partial charge in [0, 0.05) is 30.9 Å². The van der Waals surface area contributed by atoms with Gasteiger partial charge in [-0.15, -0.1) is 0 Å². The van der Waals surface area contributed by atoms with Crippen LogP contribution >= 0.6 is 11.6 Å². The topological polar surface area (TPSA) is 73.2 Å². The van der Waals surface area contributed by atoms with Crippen molar-refractivity contribution >= 4 is 23.5 Å². The molecule has 0 aliphatic carbocycles. The van der Waals surface area contributed by atoms with Crippen LogP contribution < -0.4 is 5.32 Å². The van der Waals surface area contributed by atoms with Crippen molar-refractivity contribution in [2.75, 3.05) is 6.61 Å². The molecule has 1 rings (SSSR count). The highest BCUT2D eigenvalue weighted by molar-refractivity contribution is 6.31. The number of carbonyl (C=O) groups is 2. The molecule has 110 valence electrons. The summed E-state index contributed by atoms with van der Waals surface area (Å²) in [5.41, 5.74) is 1.17. The van der Waals surface area contributed by atoms with E-state index in [-0.39, 0.29) is 12.3 Å². The second kappa shape index (κ2) is 7.69. The lowest BCUT2D eigenvalue weighted by molar-refractivity contribution is -0.137. The van der Waals surface area contributed by atoms with E-state index in [4.69, 9.17) is 16.3 Å². The minimum Gasteiger partial charge on any atom is -0.463 e. The minimum atomic E-state index is -0.472. The molecule has 0 saturated carbocycles. The van der Waals surface area contributed by atoms with Crippen LogP contribution in [-0.2, 0) is 20.9 Å².